The summed E-state index contributed by atoms with van der Waals surface area (Å²) in [5.74, 6) is 0.0205. The number of carbonyl (C=O) groups is 2. The number of nitrogens with zero attached hydrogens (tertiary/aromatic N) is 1. The molecule has 4 aromatic carbocycles. The van der Waals surface area contributed by atoms with Crippen LogP contribution < -0.4 is 15.0 Å². The van der Waals surface area contributed by atoms with Crippen molar-refractivity contribution < 1.29 is 14.3 Å². The summed E-state index contributed by atoms with van der Waals surface area (Å²) in [6.07, 6.45) is 1.57. The summed E-state index contributed by atoms with van der Waals surface area (Å²) in [5.41, 5.74) is 2.23. The second kappa shape index (κ2) is 9.74. The lowest BCUT2D eigenvalue weighted by atomic mass is 10.1. The fraction of sp³-hybridized carbons (Fsp3) is 0.0370. The summed E-state index contributed by atoms with van der Waals surface area (Å²) in [5, 5.41) is 5.75. The molecule has 0 atom stereocenters. The molecule has 0 saturated carbocycles. The van der Waals surface area contributed by atoms with Crippen molar-refractivity contribution >= 4 is 73.6 Å². The van der Waals surface area contributed by atoms with E-state index in [0.717, 1.165) is 21.2 Å². The SMILES string of the molecule is O=C1N/C(=C/c2cc(Cl)c(OCc3cccc4ccccc34)c(Br)c2)C(=O)N1c1ccc(Cl)cc1. The van der Waals surface area contributed by atoms with Crippen molar-refractivity contribution in [2.75, 3.05) is 4.90 Å². The highest BCUT2D eigenvalue weighted by Crippen LogP contribution is 2.36. The number of urea groups is 1. The molecular formula is C27H17BrCl2N2O3. The van der Waals surface area contributed by atoms with E-state index in [0.29, 0.717) is 38.1 Å². The van der Waals surface area contributed by atoms with E-state index in [2.05, 4.69) is 39.4 Å². The largest absolute Gasteiger partial charge is 0.486 e. The number of benzene rings is 4. The fourth-order valence-electron chi connectivity index (χ4n) is 3.90. The number of hydrogen-bond acceptors (Lipinski definition) is 3. The van der Waals surface area contributed by atoms with Crippen molar-refractivity contribution in [3.05, 3.63) is 110 Å². The highest BCUT2D eigenvalue weighted by molar-refractivity contribution is 9.10. The molecule has 0 aromatic heterocycles. The summed E-state index contributed by atoms with van der Waals surface area (Å²) in [6.45, 7) is 0.338. The van der Waals surface area contributed by atoms with E-state index in [4.69, 9.17) is 27.9 Å². The van der Waals surface area contributed by atoms with Gasteiger partial charge in [-0.1, -0.05) is 65.7 Å². The maximum Gasteiger partial charge on any atom is 0.333 e. The van der Waals surface area contributed by atoms with Gasteiger partial charge in [0.15, 0.2) is 5.75 Å². The Morgan fingerprint density at radius 1 is 0.943 bits per heavy atom. The van der Waals surface area contributed by atoms with Crippen molar-refractivity contribution in [1.82, 2.24) is 5.32 Å². The first-order valence-corrected chi connectivity index (χ1v) is 12.2. The zero-order valence-corrected chi connectivity index (χ0v) is 21.2. The van der Waals surface area contributed by atoms with Crippen molar-refractivity contribution in [2.24, 2.45) is 0 Å². The Morgan fingerprint density at radius 2 is 1.69 bits per heavy atom. The van der Waals surface area contributed by atoms with Gasteiger partial charge >= 0.3 is 6.03 Å². The number of amides is 3. The van der Waals surface area contributed by atoms with Gasteiger partial charge < -0.3 is 10.1 Å². The zero-order chi connectivity index (χ0) is 24.5. The third-order valence-electron chi connectivity index (χ3n) is 5.55. The molecule has 0 unspecified atom stereocenters. The normalized spacial score (nSPS) is 14.6. The number of anilines is 1. The second-order valence-corrected chi connectivity index (χ2v) is 9.54. The van der Waals surface area contributed by atoms with Crippen LogP contribution in [0.15, 0.2) is 89.0 Å². The smallest absolute Gasteiger partial charge is 0.333 e. The van der Waals surface area contributed by atoms with Crippen LogP contribution in [-0.2, 0) is 11.4 Å². The Kier molecular flexibility index (Phi) is 6.52. The molecule has 5 rings (SSSR count). The molecule has 35 heavy (non-hydrogen) atoms. The van der Waals surface area contributed by atoms with Crippen LogP contribution >= 0.6 is 39.1 Å². The molecule has 1 fully saturated rings. The van der Waals surface area contributed by atoms with Crippen molar-refractivity contribution in [3.8, 4) is 5.75 Å². The molecule has 8 heteroatoms. The number of rotatable bonds is 5. The molecule has 0 spiro atoms. The summed E-state index contributed by atoms with van der Waals surface area (Å²) < 4.78 is 6.68. The molecule has 4 aromatic rings. The van der Waals surface area contributed by atoms with E-state index < -0.39 is 11.9 Å². The molecular weight excluding hydrogens is 551 g/mol. The third-order valence-corrected chi connectivity index (χ3v) is 6.67. The van der Waals surface area contributed by atoms with Crippen LogP contribution in [0.1, 0.15) is 11.1 Å². The van der Waals surface area contributed by atoms with Crippen LogP contribution in [0.5, 0.6) is 5.75 Å². The van der Waals surface area contributed by atoms with Gasteiger partial charge in [-0.2, -0.15) is 0 Å². The Bertz CT molecular complexity index is 1470. The maximum atomic E-state index is 12.9. The fourth-order valence-corrected chi connectivity index (χ4v) is 5.01. The quantitative estimate of drug-likeness (QED) is 0.200. The third kappa shape index (κ3) is 4.78. The molecule has 1 aliphatic heterocycles. The van der Waals surface area contributed by atoms with Gasteiger partial charge in [0.05, 0.1) is 15.2 Å². The van der Waals surface area contributed by atoms with Crippen LogP contribution in [0, 0.1) is 0 Å². The Morgan fingerprint density at radius 3 is 2.46 bits per heavy atom. The van der Waals surface area contributed by atoms with E-state index in [1.54, 1.807) is 42.5 Å². The topological polar surface area (TPSA) is 58.6 Å². The second-order valence-electron chi connectivity index (χ2n) is 7.85. The molecule has 1 heterocycles. The zero-order valence-electron chi connectivity index (χ0n) is 18.1. The van der Waals surface area contributed by atoms with Crippen LogP contribution in [0.2, 0.25) is 10.0 Å². The molecule has 174 valence electrons. The molecule has 5 nitrogen and oxygen atoms in total. The van der Waals surface area contributed by atoms with Gasteiger partial charge in [0.2, 0.25) is 0 Å². The van der Waals surface area contributed by atoms with Crippen LogP contribution in [0.4, 0.5) is 10.5 Å². The summed E-state index contributed by atoms with van der Waals surface area (Å²) >= 11 is 16.0. The van der Waals surface area contributed by atoms with Crippen LogP contribution in [0.25, 0.3) is 16.8 Å². The molecule has 1 N–H and O–H groups in total. The predicted molar refractivity (Wildman–Crippen MR) is 143 cm³/mol. The van der Waals surface area contributed by atoms with Crippen molar-refractivity contribution in [1.29, 1.82) is 0 Å². The number of carbonyl (C=O) groups excluding carboxylic acids is 2. The van der Waals surface area contributed by atoms with Gasteiger partial charge in [0, 0.05) is 5.02 Å². The average Bonchev–Trinajstić information content (AvgIpc) is 3.11. The van der Waals surface area contributed by atoms with Gasteiger partial charge in [-0.15, -0.1) is 0 Å². The molecule has 1 aliphatic rings. The van der Waals surface area contributed by atoms with Crippen molar-refractivity contribution in [3.63, 3.8) is 0 Å². The molecule has 1 saturated heterocycles. The van der Waals surface area contributed by atoms with E-state index >= 15 is 0 Å². The van der Waals surface area contributed by atoms with E-state index in [-0.39, 0.29) is 5.70 Å². The number of nitrogens with one attached hydrogen (secondary N) is 1. The van der Waals surface area contributed by atoms with Crippen LogP contribution in [-0.4, -0.2) is 11.9 Å². The van der Waals surface area contributed by atoms with E-state index in [9.17, 15) is 9.59 Å². The van der Waals surface area contributed by atoms with Crippen LogP contribution in [0.3, 0.4) is 0 Å². The van der Waals surface area contributed by atoms with Gasteiger partial charge in [-0.3, -0.25) is 4.79 Å². The summed E-state index contributed by atoms with van der Waals surface area (Å²) in [6, 6.07) is 23.6. The van der Waals surface area contributed by atoms with Gasteiger partial charge in [-0.05, 0) is 80.3 Å². The standard InChI is InChI=1S/C27H17BrCl2N2O3/c28-22-12-16(14-24-26(33)32(27(34)31-24)20-10-8-19(29)9-11-20)13-23(30)25(22)35-15-18-6-3-5-17-4-1-2-7-21(17)18/h1-14H,15H2,(H,31,34)/b24-14+. The summed E-state index contributed by atoms with van der Waals surface area (Å²) in [4.78, 5) is 26.4. The lowest BCUT2D eigenvalue weighted by Crippen LogP contribution is -2.30. The highest BCUT2D eigenvalue weighted by Gasteiger charge is 2.34. The monoisotopic (exact) mass is 566 g/mol. The van der Waals surface area contributed by atoms with E-state index in [1.807, 2.05) is 24.3 Å². The van der Waals surface area contributed by atoms with Gasteiger partial charge in [-0.25, -0.2) is 9.69 Å². The number of ether oxygens (including phenoxy) is 1. The molecule has 0 bridgehead atoms. The lowest BCUT2D eigenvalue weighted by molar-refractivity contribution is -0.113. The first-order chi connectivity index (χ1) is 16.9. The highest BCUT2D eigenvalue weighted by atomic mass is 79.9. The Hall–Kier alpha value is -3.32. The minimum atomic E-state index is -0.538. The Balaban J connectivity index is 1.37. The first-order valence-electron chi connectivity index (χ1n) is 10.6. The molecule has 0 radical (unpaired) electrons. The first kappa shape index (κ1) is 23.4. The lowest BCUT2D eigenvalue weighted by Gasteiger charge is -2.13. The van der Waals surface area contributed by atoms with Gasteiger partial charge in [0.1, 0.15) is 12.3 Å². The molecule has 3 amide bonds. The van der Waals surface area contributed by atoms with E-state index in [1.165, 1.54) is 0 Å². The summed E-state index contributed by atoms with van der Waals surface area (Å²) in [7, 11) is 0. The van der Waals surface area contributed by atoms with Gasteiger partial charge in [0.25, 0.3) is 5.91 Å². The average molecular weight is 568 g/mol. The molecule has 0 aliphatic carbocycles. The number of hydrogen-bond donors (Lipinski definition) is 1. The number of fused-ring (bicyclic) bond motifs is 1. The maximum absolute atomic E-state index is 12.9. The Labute approximate surface area is 220 Å². The predicted octanol–water partition coefficient (Wildman–Crippen LogP) is 7.59. The minimum Gasteiger partial charge on any atom is -0.486 e. The minimum absolute atomic E-state index is 0.136. The van der Waals surface area contributed by atoms with Crippen molar-refractivity contribution in [2.45, 2.75) is 6.61 Å². The number of halogens is 3. The number of imide groups is 1.